The topological polar surface area (TPSA) is 59.0 Å². The second-order valence-corrected chi connectivity index (χ2v) is 5.59. The van der Waals surface area contributed by atoms with Gasteiger partial charge in [-0.15, -0.1) is 0 Å². The first-order chi connectivity index (χ1) is 12.0. The van der Waals surface area contributed by atoms with Gasteiger partial charge in [0.05, 0.1) is 20.8 Å². The molecule has 0 saturated carbocycles. The molecule has 0 aliphatic rings. The van der Waals surface area contributed by atoms with Gasteiger partial charge in [-0.05, 0) is 42.8 Å². The number of amides is 1. The number of methoxy groups -OCH3 is 2. The molecule has 6 heteroatoms. The molecule has 0 atom stereocenters. The maximum Gasteiger partial charge on any atom is 0.254 e. The van der Waals surface area contributed by atoms with Gasteiger partial charge in [0.15, 0.2) is 0 Å². The molecule has 0 bridgehead atoms. The minimum absolute atomic E-state index is 0.120. The molecule has 0 saturated heterocycles. The lowest BCUT2D eigenvalue weighted by Crippen LogP contribution is -2.33. The van der Waals surface area contributed by atoms with Gasteiger partial charge in [-0.25, -0.2) is 4.39 Å². The lowest BCUT2D eigenvalue weighted by atomic mass is 10.1. The highest BCUT2D eigenvalue weighted by molar-refractivity contribution is 5.94. The minimum Gasteiger partial charge on any atom is -0.497 e. The molecule has 5 nitrogen and oxygen atoms in total. The van der Waals surface area contributed by atoms with Crippen LogP contribution < -0.4 is 9.47 Å². The molecular formula is C19H22FNO4. The number of hydrogen-bond acceptors (Lipinski definition) is 4. The summed E-state index contributed by atoms with van der Waals surface area (Å²) in [5.74, 6) is 0.437. The zero-order chi connectivity index (χ0) is 18.4. The van der Waals surface area contributed by atoms with Crippen molar-refractivity contribution in [3.8, 4) is 11.5 Å². The van der Waals surface area contributed by atoms with Crippen molar-refractivity contribution in [3.05, 3.63) is 58.9 Å². The Balaban J connectivity index is 2.31. The predicted molar refractivity (Wildman–Crippen MR) is 92.5 cm³/mol. The van der Waals surface area contributed by atoms with Crippen molar-refractivity contribution >= 4 is 5.91 Å². The Morgan fingerprint density at radius 2 is 1.92 bits per heavy atom. The summed E-state index contributed by atoms with van der Waals surface area (Å²) < 4.78 is 24.3. The number of hydrogen-bond donors (Lipinski definition) is 1. The number of carbonyl (C=O) groups excluding carboxylic acids is 1. The average molecular weight is 347 g/mol. The number of rotatable bonds is 7. The lowest BCUT2D eigenvalue weighted by Gasteiger charge is -2.23. The van der Waals surface area contributed by atoms with Crippen LogP contribution in [0.4, 0.5) is 4.39 Å². The van der Waals surface area contributed by atoms with E-state index in [1.165, 1.54) is 11.0 Å². The van der Waals surface area contributed by atoms with Crippen LogP contribution in [0.25, 0.3) is 0 Å². The van der Waals surface area contributed by atoms with Crippen LogP contribution in [0, 0.1) is 12.7 Å². The molecule has 0 unspecified atom stereocenters. The highest BCUT2D eigenvalue weighted by Crippen LogP contribution is 2.26. The molecule has 0 fully saturated rings. The average Bonchev–Trinajstić information content (AvgIpc) is 2.62. The Hall–Kier alpha value is -2.60. The molecule has 2 aromatic rings. The lowest BCUT2D eigenvalue weighted by molar-refractivity contribution is 0.0706. The Kier molecular flexibility index (Phi) is 6.36. The highest BCUT2D eigenvalue weighted by atomic mass is 19.1. The normalized spacial score (nSPS) is 10.4. The maximum absolute atomic E-state index is 13.8. The van der Waals surface area contributed by atoms with E-state index in [4.69, 9.17) is 9.47 Å². The zero-order valence-electron chi connectivity index (χ0n) is 14.6. The first-order valence-corrected chi connectivity index (χ1v) is 7.87. The van der Waals surface area contributed by atoms with Gasteiger partial charge < -0.3 is 19.5 Å². The number of benzene rings is 2. The van der Waals surface area contributed by atoms with E-state index in [9.17, 15) is 14.3 Å². The van der Waals surface area contributed by atoms with Crippen molar-refractivity contribution in [1.29, 1.82) is 0 Å². The smallest absolute Gasteiger partial charge is 0.254 e. The third-order valence-corrected chi connectivity index (χ3v) is 3.92. The molecule has 134 valence electrons. The number of aryl methyl sites for hydroxylation is 1. The maximum atomic E-state index is 13.8. The molecule has 2 rings (SSSR count). The van der Waals surface area contributed by atoms with Gasteiger partial charge in [0.25, 0.3) is 5.91 Å². The van der Waals surface area contributed by atoms with Crippen LogP contribution in [0.1, 0.15) is 21.5 Å². The molecule has 0 aliphatic heterocycles. The molecule has 0 radical (unpaired) electrons. The van der Waals surface area contributed by atoms with Crippen LogP contribution in [-0.2, 0) is 6.54 Å². The first kappa shape index (κ1) is 18.7. The third-order valence-electron chi connectivity index (χ3n) is 3.92. The summed E-state index contributed by atoms with van der Waals surface area (Å²) in [5.41, 5.74) is 1.44. The predicted octanol–water partition coefficient (Wildman–Crippen LogP) is 2.79. The molecule has 25 heavy (non-hydrogen) atoms. The summed E-state index contributed by atoms with van der Waals surface area (Å²) in [5, 5.41) is 9.31. The van der Waals surface area contributed by atoms with Crippen molar-refractivity contribution in [2.75, 3.05) is 27.4 Å². The van der Waals surface area contributed by atoms with Gasteiger partial charge in [-0.3, -0.25) is 4.79 Å². The van der Waals surface area contributed by atoms with Crippen LogP contribution in [0.3, 0.4) is 0 Å². The van der Waals surface area contributed by atoms with Crippen molar-refractivity contribution in [3.63, 3.8) is 0 Å². The van der Waals surface area contributed by atoms with E-state index in [1.54, 1.807) is 51.5 Å². The van der Waals surface area contributed by atoms with Crippen LogP contribution in [0.15, 0.2) is 36.4 Å². The minimum atomic E-state index is -0.436. The number of aliphatic hydroxyl groups excluding tert-OH is 1. The zero-order valence-corrected chi connectivity index (χ0v) is 14.6. The standard InChI is InChI=1S/C19H22FNO4/c1-13-4-5-14(11-17(13)20)19(23)21(8-9-22)12-15-10-16(24-2)6-7-18(15)25-3/h4-7,10-11,22H,8-9,12H2,1-3H3. The van der Waals surface area contributed by atoms with Crippen LogP contribution in [0.2, 0.25) is 0 Å². The van der Waals surface area contributed by atoms with Crippen molar-refractivity contribution in [1.82, 2.24) is 4.90 Å². The van der Waals surface area contributed by atoms with E-state index in [2.05, 4.69) is 0 Å². The Morgan fingerprint density at radius 1 is 1.16 bits per heavy atom. The molecule has 0 spiro atoms. The number of carbonyl (C=O) groups is 1. The Morgan fingerprint density at radius 3 is 2.52 bits per heavy atom. The van der Waals surface area contributed by atoms with Gasteiger partial charge in [0.2, 0.25) is 0 Å². The number of ether oxygens (including phenoxy) is 2. The van der Waals surface area contributed by atoms with Crippen LogP contribution in [-0.4, -0.2) is 43.3 Å². The fourth-order valence-corrected chi connectivity index (χ4v) is 2.49. The van der Waals surface area contributed by atoms with Crippen molar-refractivity contribution in [2.24, 2.45) is 0 Å². The highest BCUT2D eigenvalue weighted by Gasteiger charge is 2.19. The largest absolute Gasteiger partial charge is 0.497 e. The van der Waals surface area contributed by atoms with E-state index >= 15 is 0 Å². The molecule has 0 heterocycles. The summed E-state index contributed by atoms with van der Waals surface area (Å²) in [6.07, 6.45) is 0. The van der Waals surface area contributed by atoms with Gasteiger partial charge in [0, 0.05) is 24.2 Å². The Bertz CT molecular complexity index is 748. The Labute approximate surface area is 146 Å². The number of aliphatic hydroxyl groups is 1. The number of halogens is 1. The molecule has 2 aromatic carbocycles. The van der Waals surface area contributed by atoms with Crippen molar-refractivity contribution < 1.29 is 23.8 Å². The van der Waals surface area contributed by atoms with Gasteiger partial charge in [-0.2, -0.15) is 0 Å². The number of nitrogens with zero attached hydrogens (tertiary/aromatic N) is 1. The van der Waals surface area contributed by atoms with Gasteiger partial charge >= 0.3 is 0 Å². The SMILES string of the molecule is COc1ccc(OC)c(CN(CCO)C(=O)c2ccc(C)c(F)c2)c1. The van der Waals surface area contributed by atoms with Gasteiger partial charge in [-0.1, -0.05) is 6.07 Å². The monoisotopic (exact) mass is 347 g/mol. The fourth-order valence-electron chi connectivity index (χ4n) is 2.49. The van der Waals surface area contributed by atoms with E-state index in [-0.39, 0.29) is 31.2 Å². The molecule has 0 aliphatic carbocycles. The van der Waals surface area contributed by atoms with Crippen molar-refractivity contribution in [2.45, 2.75) is 13.5 Å². The molecule has 1 amide bonds. The summed E-state index contributed by atoms with van der Waals surface area (Å²) in [4.78, 5) is 14.2. The van der Waals surface area contributed by atoms with E-state index < -0.39 is 5.82 Å². The van der Waals surface area contributed by atoms with Crippen LogP contribution >= 0.6 is 0 Å². The van der Waals surface area contributed by atoms with Gasteiger partial charge in [0.1, 0.15) is 17.3 Å². The van der Waals surface area contributed by atoms with E-state index in [0.717, 1.165) is 5.56 Å². The third kappa shape index (κ3) is 4.48. The fraction of sp³-hybridized carbons (Fsp3) is 0.316. The summed E-state index contributed by atoms with van der Waals surface area (Å²) in [7, 11) is 3.09. The summed E-state index contributed by atoms with van der Waals surface area (Å²) in [6, 6.07) is 9.63. The first-order valence-electron chi connectivity index (χ1n) is 7.87. The quantitative estimate of drug-likeness (QED) is 0.837. The van der Waals surface area contributed by atoms with E-state index in [0.29, 0.717) is 17.1 Å². The molecule has 0 aromatic heterocycles. The second-order valence-electron chi connectivity index (χ2n) is 5.59. The van der Waals surface area contributed by atoms with Crippen LogP contribution in [0.5, 0.6) is 11.5 Å². The molecule has 1 N–H and O–H groups in total. The summed E-state index contributed by atoms with van der Waals surface area (Å²) in [6.45, 7) is 1.76. The summed E-state index contributed by atoms with van der Waals surface area (Å²) >= 11 is 0. The molecular weight excluding hydrogens is 325 g/mol. The van der Waals surface area contributed by atoms with E-state index in [1.807, 2.05) is 0 Å². The second kappa shape index (κ2) is 8.48.